The Morgan fingerprint density at radius 3 is 2.82 bits per heavy atom. The molecule has 168 valence electrons. The number of aromatic nitrogens is 5. The molecule has 6 heteroatoms. The molecule has 1 aromatic carbocycles. The Labute approximate surface area is 198 Å². The van der Waals surface area contributed by atoms with Gasteiger partial charge in [-0.05, 0) is 73.2 Å². The van der Waals surface area contributed by atoms with E-state index in [9.17, 15) is 0 Å². The highest BCUT2D eigenvalue weighted by Gasteiger charge is 2.25. The van der Waals surface area contributed by atoms with Crippen molar-refractivity contribution in [2.45, 2.75) is 32.2 Å². The number of rotatable bonds is 7. The minimum absolute atomic E-state index is 0.654. The summed E-state index contributed by atoms with van der Waals surface area (Å²) in [5, 5.41) is 6.04. The van der Waals surface area contributed by atoms with Crippen LogP contribution in [-0.4, -0.2) is 31.3 Å². The molecule has 1 aliphatic rings. The van der Waals surface area contributed by atoms with Gasteiger partial charge in [0.15, 0.2) is 0 Å². The molecule has 0 N–H and O–H groups in total. The maximum atomic E-state index is 6.05. The second kappa shape index (κ2) is 9.06. The molecule has 0 atom stereocenters. The van der Waals surface area contributed by atoms with Gasteiger partial charge in [-0.25, -0.2) is 0 Å². The third-order valence-electron chi connectivity index (χ3n) is 6.33. The van der Waals surface area contributed by atoms with Crippen molar-refractivity contribution in [2.75, 3.05) is 6.61 Å². The SMILES string of the molecule is c1ccc(-c2nn3c(c2-c2ccnc4cc(OCCCc5cccnc5)ccc24)CCC3)nc1. The van der Waals surface area contributed by atoms with Crippen LogP contribution in [0.2, 0.25) is 0 Å². The van der Waals surface area contributed by atoms with Crippen molar-refractivity contribution >= 4 is 10.9 Å². The number of hydrogen-bond acceptors (Lipinski definition) is 5. The van der Waals surface area contributed by atoms with Crippen LogP contribution in [0.3, 0.4) is 0 Å². The zero-order valence-electron chi connectivity index (χ0n) is 18.9. The van der Waals surface area contributed by atoms with Crippen LogP contribution in [0.15, 0.2) is 79.4 Å². The summed E-state index contributed by atoms with van der Waals surface area (Å²) in [5.74, 6) is 0.841. The molecule has 34 heavy (non-hydrogen) atoms. The minimum atomic E-state index is 0.654. The molecular weight excluding hydrogens is 422 g/mol. The fraction of sp³-hybridized carbons (Fsp3) is 0.214. The first-order chi connectivity index (χ1) is 16.9. The fourth-order valence-electron chi connectivity index (χ4n) is 4.75. The third kappa shape index (κ3) is 3.92. The molecule has 5 heterocycles. The molecule has 6 rings (SSSR count). The average molecular weight is 448 g/mol. The van der Waals surface area contributed by atoms with Crippen LogP contribution in [0.25, 0.3) is 33.4 Å². The van der Waals surface area contributed by atoms with E-state index in [1.54, 1.807) is 6.20 Å². The summed E-state index contributed by atoms with van der Waals surface area (Å²) in [5.41, 5.74) is 7.60. The molecule has 0 bridgehead atoms. The van der Waals surface area contributed by atoms with E-state index in [-0.39, 0.29) is 0 Å². The Morgan fingerprint density at radius 1 is 0.941 bits per heavy atom. The Kier molecular flexibility index (Phi) is 5.47. The summed E-state index contributed by atoms with van der Waals surface area (Å²) in [4.78, 5) is 13.4. The Balaban J connectivity index is 1.30. The highest BCUT2D eigenvalue weighted by molar-refractivity contribution is 5.99. The maximum Gasteiger partial charge on any atom is 0.121 e. The predicted molar refractivity (Wildman–Crippen MR) is 133 cm³/mol. The van der Waals surface area contributed by atoms with E-state index in [2.05, 4.69) is 37.8 Å². The topological polar surface area (TPSA) is 65.7 Å². The lowest BCUT2D eigenvalue weighted by molar-refractivity contribution is 0.311. The zero-order valence-corrected chi connectivity index (χ0v) is 18.9. The largest absolute Gasteiger partial charge is 0.494 e. The smallest absolute Gasteiger partial charge is 0.121 e. The monoisotopic (exact) mass is 447 g/mol. The summed E-state index contributed by atoms with van der Waals surface area (Å²) in [6.07, 6.45) is 11.5. The quantitative estimate of drug-likeness (QED) is 0.308. The van der Waals surface area contributed by atoms with Crippen LogP contribution in [0, 0.1) is 0 Å². The number of nitrogens with zero attached hydrogens (tertiary/aromatic N) is 5. The van der Waals surface area contributed by atoms with Gasteiger partial charge in [0.1, 0.15) is 11.4 Å². The molecule has 0 amide bonds. The summed E-state index contributed by atoms with van der Waals surface area (Å²) in [6, 6.07) is 18.3. The predicted octanol–water partition coefficient (Wildman–Crippen LogP) is 5.51. The lowest BCUT2D eigenvalue weighted by atomic mass is 9.96. The van der Waals surface area contributed by atoms with Gasteiger partial charge in [0.2, 0.25) is 0 Å². The molecule has 0 aliphatic carbocycles. The number of hydrogen-bond donors (Lipinski definition) is 0. The molecule has 0 saturated heterocycles. The van der Waals surface area contributed by atoms with Crippen LogP contribution >= 0.6 is 0 Å². The van der Waals surface area contributed by atoms with Crippen LogP contribution in [0.4, 0.5) is 0 Å². The highest BCUT2D eigenvalue weighted by Crippen LogP contribution is 2.40. The normalized spacial score (nSPS) is 12.7. The lowest BCUT2D eigenvalue weighted by Gasteiger charge is -2.11. The van der Waals surface area contributed by atoms with Crippen LogP contribution in [-0.2, 0) is 19.4 Å². The van der Waals surface area contributed by atoms with E-state index in [4.69, 9.17) is 9.84 Å². The molecule has 0 fully saturated rings. The summed E-state index contributed by atoms with van der Waals surface area (Å²) < 4.78 is 8.19. The van der Waals surface area contributed by atoms with Gasteiger partial charge in [-0.2, -0.15) is 5.10 Å². The van der Waals surface area contributed by atoms with Crippen molar-refractivity contribution in [1.29, 1.82) is 0 Å². The van der Waals surface area contributed by atoms with Crippen molar-refractivity contribution in [3.8, 4) is 28.3 Å². The van der Waals surface area contributed by atoms with Crippen molar-refractivity contribution in [3.63, 3.8) is 0 Å². The third-order valence-corrected chi connectivity index (χ3v) is 6.33. The lowest BCUT2D eigenvalue weighted by Crippen LogP contribution is -2.00. The van der Waals surface area contributed by atoms with Crippen LogP contribution in [0.1, 0.15) is 24.1 Å². The molecule has 0 spiro atoms. The number of pyridine rings is 3. The van der Waals surface area contributed by atoms with Gasteiger partial charge in [0.05, 0.1) is 17.8 Å². The molecule has 4 aromatic heterocycles. The van der Waals surface area contributed by atoms with Crippen LogP contribution < -0.4 is 4.74 Å². The molecular formula is C28H25N5O. The van der Waals surface area contributed by atoms with E-state index >= 15 is 0 Å². The van der Waals surface area contributed by atoms with Gasteiger partial charge in [0, 0.05) is 54.0 Å². The van der Waals surface area contributed by atoms with Crippen molar-refractivity contribution < 1.29 is 4.74 Å². The minimum Gasteiger partial charge on any atom is -0.494 e. The number of fused-ring (bicyclic) bond motifs is 2. The molecule has 0 radical (unpaired) electrons. The number of benzene rings is 1. The number of aryl methyl sites for hydroxylation is 2. The van der Waals surface area contributed by atoms with E-state index in [1.165, 1.54) is 16.8 Å². The van der Waals surface area contributed by atoms with Gasteiger partial charge in [-0.3, -0.25) is 19.6 Å². The van der Waals surface area contributed by atoms with Gasteiger partial charge in [-0.15, -0.1) is 0 Å². The Morgan fingerprint density at radius 2 is 1.94 bits per heavy atom. The van der Waals surface area contributed by atoms with E-state index in [0.29, 0.717) is 6.61 Å². The van der Waals surface area contributed by atoms with Crippen molar-refractivity contribution in [2.24, 2.45) is 0 Å². The van der Waals surface area contributed by atoms with Gasteiger partial charge < -0.3 is 4.74 Å². The summed E-state index contributed by atoms with van der Waals surface area (Å²) in [7, 11) is 0. The average Bonchev–Trinajstić information content (AvgIpc) is 3.49. The molecule has 0 unspecified atom stereocenters. The van der Waals surface area contributed by atoms with Gasteiger partial charge in [0.25, 0.3) is 0 Å². The first-order valence-corrected chi connectivity index (χ1v) is 11.8. The Hall–Kier alpha value is -4.06. The highest BCUT2D eigenvalue weighted by atomic mass is 16.5. The van der Waals surface area contributed by atoms with E-state index in [0.717, 1.165) is 65.8 Å². The maximum absolute atomic E-state index is 6.05. The molecule has 0 saturated carbocycles. The van der Waals surface area contributed by atoms with E-state index in [1.807, 2.05) is 55.0 Å². The second-order valence-electron chi connectivity index (χ2n) is 8.56. The van der Waals surface area contributed by atoms with Gasteiger partial charge >= 0.3 is 0 Å². The second-order valence-corrected chi connectivity index (χ2v) is 8.56. The number of ether oxygens (including phenoxy) is 1. The molecule has 6 nitrogen and oxygen atoms in total. The van der Waals surface area contributed by atoms with Crippen molar-refractivity contribution in [1.82, 2.24) is 24.7 Å². The standard InChI is InChI=1S/C28H25N5O/c1-2-14-30-24(8-1)28-27(26-9-4-16-33(26)32-28)23-12-15-31-25-18-21(10-11-22(23)25)34-17-5-7-20-6-3-13-29-19-20/h1-3,6,8,10-15,18-19H,4-5,7,9,16-17H2. The Bertz CT molecular complexity index is 1430. The fourth-order valence-corrected chi connectivity index (χ4v) is 4.75. The zero-order chi connectivity index (χ0) is 22.7. The first-order valence-electron chi connectivity index (χ1n) is 11.8. The van der Waals surface area contributed by atoms with E-state index < -0.39 is 0 Å². The molecule has 1 aliphatic heterocycles. The van der Waals surface area contributed by atoms with Crippen molar-refractivity contribution in [3.05, 3.63) is 90.6 Å². The summed E-state index contributed by atoms with van der Waals surface area (Å²) >= 11 is 0. The summed E-state index contributed by atoms with van der Waals surface area (Å²) in [6.45, 7) is 1.61. The first kappa shape index (κ1) is 20.5. The molecule has 5 aromatic rings. The van der Waals surface area contributed by atoms with Gasteiger partial charge in [-0.1, -0.05) is 12.1 Å². The van der Waals surface area contributed by atoms with Crippen LogP contribution in [0.5, 0.6) is 5.75 Å².